The molecule has 158 valence electrons. The van der Waals surface area contributed by atoms with Gasteiger partial charge in [0, 0.05) is 55.7 Å². The second-order valence-corrected chi connectivity index (χ2v) is 7.68. The third kappa shape index (κ3) is 3.56. The van der Waals surface area contributed by atoms with E-state index in [0.717, 1.165) is 52.1 Å². The Morgan fingerprint density at radius 3 is 2.39 bits per heavy atom. The van der Waals surface area contributed by atoms with Gasteiger partial charge in [-0.2, -0.15) is 5.10 Å². The van der Waals surface area contributed by atoms with Crippen LogP contribution >= 0.6 is 0 Å². The molecule has 2 aromatic carbocycles. The average Bonchev–Trinajstić information content (AvgIpc) is 3.46. The molecular weight excluding hydrogens is 395 g/mol. The molecule has 1 aliphatic rings. The van der Waals surface area contributed by atoms with Crippen LogP contribution in [0.1, 0.15) is 0 Å². The van der Waals surface area contributed by atoms with Crippen molar-refractivity contribution >= 4 is 16.6 Å². The highest BCUT2D eigenvalue weighted by Crippen LogP contribution is 2.35. The first kappa shape index (κ1) is 19.7. The summed E-state index contributed by atoms with van der Waals surface area (Å²) in [5.74, 6) is -0.263. The van der Waals surface area contributed by atoms with Gasteiger partial charge in [-0.3, -0.25) is 10.1 Å². The van der Waals surface area contributed by atoms with Gasteiger partial charge in [-0.15, -0.1) is 0 Å². The number of methoxy groups -OCH3 is 2. The minimum absolute atomic E-state index is 0.0235. The zero-order valence-corrected chi connectivity index (χ0v) is 17.4. The van der Waals surface area contributed by atoms with E-state index in [0.29, 0.717) is 0 Å². The molecule has 0 saturated carbocycles. The fraction of sp³-hybridized carbons (Fsp3) is 0.250. The number of pyridine rings is 1. The van der Waals surface area contributed by atoms with Crippen molar-refractivity contribution in [3.63, 3.8) is 0 Å². The molecule has 2 aromatic heterocycles. The molecule has 7 heteroatoms. The van der Waals surface area contributed by atoms with Crippen LogP contribution in [0.2, 0.25) is 0 Å². The minimum Gasteiger partial charge on any atom is -0.377 e. The van der Waals surface area contributed by atoms with Crippen molar-refractivity contribution in [2.45, 2.75) is 12.2 Å². The van der Waals surface area contributed by atoms with Crippen LogP contribution in [0.3, 0.4) is 0 Å². The number of anilines is 1. The number of halogens is 1. The minimum atomic E-state index is -0.263. The average molecular weight is 418 g/mol. The number of benzene rings is 2. The van der Waals surface area contributed by atoms with E-state index in [4.69, 9.17) is 9.47 Å². The lowest BCUT2D eigenvalue weighted by Crippen LogP contribution is -2.27. The van der Waals surface area contributed by atoms with E-state index in [-0.39, 0.29) is 18.0 Å². The van der Waals surface area contributed by atoms with Gasteiger partial charge in [0.1, 0.15) is 18.0 Å². The van der Waals surface area contributed by atoms with Gasteiger partial charge in [0.25, 0.3) is 0 Å². The number of H-pyrrole nitrogens is 1. The Labute approximate surface area is 179 Å². The number of rotatable bonds is 5. The highest BCUT2D eigenvalue weighted by molar-refractivity contribution is 5.96. The molecular formula is C24H23FN4O2. The normalized spacial score (nSPS) is 18.7. The van der Waals surface area contributed by atoms with Crippen LogP contribution < -0.4 is 4.90 Å². The number of aromatic amines is 1. The van der Waals surface area contributed by atoms with Crippen LogP contribution in [0.5, 0.6) is 0 Å². The number of hydrogen-bond donors (Lipinski definition) is 1. The lowest BCUT2D eigenvalue weighted by Gasteiger charge is -2.20. The van der Waals surface area contributed by atoms with Crippen LogP contribution in [-0.4, -0.2) is 54.7 Å². The summed E-state index contributed by atoms with van der Waals surface area (Å²) in [5, 5.41) is 8.35. The van der Waals surface area contributed by atoms with Gasteiger partial charge in [0.05, 0.1) is 17.4 Å². The zero-order valence-electron chi connectivity index (χ0n) is 17.4. The standard InChI is InChI=1S/C24H23FN4O2/c1-30-22-13-29(14-23(22)31-2)21-9-10-26-20-8-5-16(11-18(20)21)19-12-27-28-24(19)15-3-6-17(25)7-4-15/h3-12,22-23H,13-14H2,1-2H3,(H,27,28). The highest BCUT2D eigenvalue weighted by atomic mass is 19.1. The smallest absolute Gasteiger partial charge is 0.123 e. The van der Waals surface area contributed by atoms with Crippen molar-refractivity contribution < 1.29 is 13.9 Å². The third-order valence-corrected chi connectivity index (χ3v) is 5.96. The number of nitrogens with one attached hydrogen (secondary N) is 1. The molecule has 0 aliphatic carbocycles. The maximum absolute atomic E-state index is 13.4. The summed E-state index contributed by atoms with van der Waals surface area (Å²) in [7, 11) is 3.44. The van der Waals surface area contributed by atoms with Crippen LogP contribution in [0.15, 0.2) is 60.9 Å². The summed E-state index contributed by atoms with van der Waals surface area (Å²) in [6.45, 7) is 1.51. The quantitative estimate of drug-likeness (QED) is 0.524. The van der Waals surface area contributed by atoms with E-state index in [1.807, 2.05) is 24.4 Å². The summed E-state index contributed by atoms with van der Waals surface area (Å²) in [6.07, 6.45) is 3.68. The number of nitrogens with zero attached hydrogens (tertiary/aromatic N) is 3. The van der Waals surface area contributed by atoms with Gasteiger partial charge in [-0.05, 0) is 48.0 Å². The van der Waals surface area contributed by atoms with Crippen molar-refractivity contribution in [3.8, 4) is 22.4 Å². The summed E-state index contributed by atoms with van der Waals surface area (Å²) >= 11 is 0. The van der Waals surface area contributed by atoms with E-state index < -0.39 is 0 Å². The van der Waals surface area contributed by atoms with Gasteiger partial charge in [-0.1, -0.05) is 6.07 Å². The molecule has 4 aromatic rings. The van der Waals surface area contributed by atoms with Crippen molar-refractivity contribution in [2.24, 2.45) is 0 Å². The predicted molar refractivity (Wildman–Crippen MR) is 119 cm³/mol. The van der Waals surface area contributed by atoms with Gasteiger partial charge in [0.15, 0.2) is 0 Å². The molecule has 1 fully saturated rings. The second kappa shape index (κ2) is 8.09. The molecule has 31 heavy (non-hydrogen) atoms. The monoisotopic (exact) mass is 418 g/mol. The van der Waals surface area contributed by atoms with Crippen molar-refractivity contribution in [1.82, 2.24) is 15.2 Å². The summed E-state index contributed by atoms with van der Waals surface area (Å²) in [6, 6.07) is 14.6. The van der Waals surface area contributed by atoms with Crippen molar-refractivity contribution in [2.75, 3.05) is 32.2 Å². The van der Waals surface area contributed by atoms with Gasteiger partial charge in [-0.25, -0.2) is 4.39 Å². The molecule has 5 rings (SSSR count). The van der Waals surface area contributed by atoms with Crippen molar-refractivity contribution in [1.29, 1.82) is 0 Å². The van der Waals surface area contributed by atoms with E-state index in [2.05, 4.69) is 26.1 Å². The molecule has 2 unspecified atom stereocenters. The molecule has 2 atom stereocenters. The zero-order chi connectivity index (χ0) is 21.4. The van der Waals surface area contributed by atoms with Crippen LogP contribution in [-0.2, 0) is 9.47 Å². The number of hydrogen-bond acceptors (Lipinski definition) is 5. The Bertz CT molecular complexity index is 1200. The summed E-state index contributed by atoms with van der Waals surface area (Å²) in [4.78, 5) is 6.83. The molecule has 1 aliphatic heterocycles. The molecule has 1 saturated heterocycles. The molecule has 0 radical (unpaired) electrons. The van der Waals surface area contributed by atoms with Crippen LogP contribution in [0.4, 0.5) is 10.1 Å². The Morgan fingerprint density at radius 2 is 1.68 bits per heavy atom. The predicted octanol–water partition coefficient (Wildman–Crippen LogP) is 4.28. The Hall–Kier alpha value is -3.29. The van der Waals surface area contributed by atoms with Gasteiger partial charge < -0.3 is 14.4 Å². The highest BCUT2D eigenvalue weighted by Gasteiger charge is 2.33. The fourth-order valence-electron chi connectivity index (χ4n) is 4.31. The fourth-order valence-corrected chi connectivity index (χ4v) is 4.31. The van der Waals surface area contributed by atoms with Crippen LogP contribution in [0, 0.1) is 5.82 Å². The Balaban J connectivity index is 1.57. The molecule has 0 bridgehead atoms. The third-order valence-electron chi connectivity index (χ3n) is 5.96. The maximum atomic E-state index is 13.4. The van der Waals surface area contributed by atoms with E-state index in [9.17, 15) is 4.39 Å². The first-order chi connectivity index (χ1) is 15.2. The van der Waals surface area contributed by atoms with Crippen LogP contribution in [0.25, 0.3) is 33.3 Å². The lowest BCUT2D eigenvalue weighted by molar-refractivity contribution is -0.00461. The van der Waals surface area contributed by atoms with Gasteiger partial charge >= 0.3 is 0 Å². The summed E-state index contributed by atoms with van der Waals surface area (Å²) in [5.41, 5.74) is 5.72. The molecule has 6 nitrogen and oxygen atoms in total. The Morgan fingerprint density at radius 1 is 0.968 bits per heavy atom. The van der Waals surface area contributed by atoms with E-state index in [1.165, 1.54) is 12.1 Å². The number of aromatic nitrogens is 3. The summed E-state index contributed by atoms with van der Waals surface area (Å²) < 4.78 is 24.6. The second-order valence-electron chi connectivity index (χ2n) is 7.68. The van der Waals surface area contributed by atoms with E-state index >= 15 is 0 Å². The topological polar surface area (TPSA) is 63.3 Å². The largest absolute Gasteiger partial charge is 0.377 e. The Kier molecular flexibility index (Phi) is 5.13. The SMILES string of the molecule is COC1CN(c2ccnc3ccc(-c4cn[nH]c4-c4ccc(F)cc4)cc23)CC1OC. The molecule has 0 amide bonds. The first-order valence-electron chi connectivity index (χ1n) is 10.2. The molecule has 1 N–H and O–H groups in total. The molecule has 3 heterocycles. The number of ether oxygens (including phenoxy) is 2. The van der Waals surface area contributed by atoms with E-state index in [1.54, 1.807) is 32.5 Å². The number of fused-ring (bicyclic) bond motifs is 1. The maximum Gasteiger partial charge on any atom is 0.123 e. The van der Waals surface area contributed by atoms with Crippen molar-refractivity contribution in [3.05, 3.63) is 66.7 Å². The molecule has 0 spiro atoms. The van der Waals surface area contributed by atoms with Gasteiger partial charge in [0.2, 0.25) is 0 Å². The lowest BCUT2D eigenvalue weighted by atomic mass is 9.99. The first-order valence-corrected chi connectivity index (χ1v) is 10.2.